The first-order valence-electron chi connectivity index (χ1n) is 3.36. The van der Waals surface area contributed by atoms with Crippen LogP contribution < -0.4 is 12.4 Å². The van der Waals surface area contributed by atoms with Crippen LogP contribution in [0.1, 0.15) is 11.1 Å². The Bertz CT molecular complexity index is 243. The molecule has 0 amide bonds. The van der Waals surface area contributed by atoms with Crippen LogP contribution in [0.5, 0.6) is 0 Å². The van der Waals surface area contributed by atoms with Crippen molar-refractivity contribution in [2.75, 3.05) is 0 Å². The molecule has 0 N–H and O–H groups in total. The van der Waals surface area contributed by atoms with Crippen LogP contribution in [-0.4, -0.2) is 23.1 Å². The van der Waals surface area contributed by atoms with Gasteiger partial charge < -0.3 is 12.4 Å². The third-order valence-corrected chi connectivity index (χ3v) is 1.49. The van der Waals surface area contributed by atoms with Gasteiger partial charge in [-0.25, -0.2) is 19.1 Å². The predicted molar refractivity (Wildman–Crippen MR) is 51.3 cm³/mol. The van der Waals surface area contributed by atoms with E-state index in [1.165, 1.54) is 11.1 Å². The molecule has 0 aromatic heterocycles. The Balaban J connectivity index is 0. The topological polar surface area (TPSA) is 0 Å². The first-order chi connectivity index (χ1) is 4.84. The van der Waals surface area contributed by atoms with Gasteiger partial charge in [0.15, 0.2) is 0 Å². The van der Waals surface area contributed by atoms with Crippen molar-refractivity contribution in [2.45, 2.75) is 6.92 Å². The molecule has 0 atom stereocenters. The van der Waals surface area contributed by atoms with Gasteiger partial charge in [-0.3, -0.25) is 0 Å². The van der Waals surface area contributed by atoms with Crippen LogP contribution in [0.4, 0.5) is 0 Å². The summed E-state index contributed by atoms with van der Waals surface area (Å²) in [5, 5.41) is 0. The second-order valence-electron chi connectivity index (χ2n) is 2.26. The molecule has 0 saturated heterocycles. The molecular formula is C10H11ClMg. The summed E-state index contributed by atoms with van der Waals surface area (Å²) in [6.45, 7) is 5.73. The average molecular weight is 191 g/mol. The van der Waals surface area contributed by atoms with Gasteiger partial charge >= 0.3 is 23.1 Å². The van der Waals surface area contributed by atoms with Crippen LogP contribution in [0, 0.1) is 13.8 Å². The predicted octanol–water partition coefficient (Wildman–Crippen LogP) is -0.534. The quantitative estimate of drug-likeness (QED) is 0.413. The molecule has 0 bridgehead atoms. The van der Waals surface area contributed by atoms with Gasteiger partial charge in [0.2, 0.25) is 0 Å². The Morgan fingerprint density at radius 3 is 2.33 bits per heavy atom. The molecule has 0 fully saturated rings. The minimum Gasteiger partial charge on any atom is -1.00 e. The largest absolute Gasteiger partial charge is 2.00 e. The molecule has 0 aliphatic carbocycles. The number of halogens is 1. The van der Waals surface area contributed by atoms with Crippen LogP contribution in [-0.2, 0) is 0 Å². The van der Waals surface area contributed by atoms with Crippen molar-refractivity contribution in [3.05, 3.63) is 48.4 Å². The van der Waals surface area contributed by atoms with Crippen LogP contribution >= 0.6 is 0 Å². The smallest absolute Gasteiger partial charge is 1.00 e. The van der Waals surface area contributed by atoms with Crippen LogP contribution in [0.15, 0.2) is 30.3 Å². The Morgan fingerprint density at radius 1 is 1.25 bits per heavy atom. The molecule has 0 aliphatic rings. The Morgan fingerprint density at radius 2 is 1.83 bits per heavy atom. The molecule has 1 aromatic carbocycles. The SMILES string of the molecule is [CH2-]/C=C/c1ccccc1C.[Cl-].[Mg+2]. The summed E-state index contributed by atoms with van der Waals surface area (Å²) in [5.41, 5.74) is 2.54. The fourth-order valence-corrected chi connectivity index (χ4v) is 0.901. The summed E-state index contributed by atoms with van der Waals surface area (Å²) < 4.78 is 0. The van der Waals surface area contributed by atoms with Gasteiger partial charge in [-0.1, -0.05) is 29.8 Å². The van der Waals surface area contributed by atoms with Gasteiger partial charge in [-0.2, -0.15) is 0 Å². The van der Waals surface area contributed by atoms with Crippen molar-refractivity contribution in [3.8, 4) is 0 Å². The van der Waals surface area contributed by atoms with Gasteiger partial charge in [-0.05, 0) is 6.92 Å². The van der Waals surface area contributed by atoms with E-state index in [1.54, 1.807) is 0 Å². The fourth-order valence-electron chi connectivity index (χ4n) is 0.901. The molecule has 2 heteroatoms. The van der Waals surface area contributed by atoms with E-state index in [2.05, 4.69) is 26.0 Å². The maximum absolute atomic E-state index is 3.64. The Labute approximate surface area is 96.6 Å². The number of allylic oxidation sites excluding steroid dienone is 1. The summed E-state index contributed by atoms with van der Waals surface area (Å²) in [6, 6.07) is 8.24. The number of hydrogen-bond donors (Lipinski definition) is 0. The molecule has 0 spiro atoms. The third kappa shape index (κ3) is 4.05. The third-order valence-electron chi connectivity index (χ3n) is 1.49. The van der Waals surface area contributed by atoms with Crippen molar-refractivity contribution in [3.63, 3.8) is 0 Å². The van der Waals surface area contributed by atoms with Crippen molar-refractivity contribution >= 4 is 29.1 Å². The summed E-state index contributed by atoms with van der Waals surface area (Å²) in [6.07, 6.45) is 3.82. The molecule has 1 aromatic rings. The first-order valence-corrected chi connectivity index (χ1v) is 3.36. The molecular weight excluding hydrogens is 180 g/mol. The zero-order valence-electron chi connectivity index (χ0n) is 7.26. The van der Waals surface area contributed by atoms with Gasteiger partial charge in [0, 0.05) is 0 Å². The maximum Gasteiger partial charge on any atom is 2.00 e. The molecule has 0 saturated carbocycles. The molecule has 0 heterocycles. The molecule has 12 heavy (non-hydrogen) atoms. The average Bonchev–Trinajstić information content (AvgIpc) is 1.94. The molecule has 0 unspecified atom stereocenters. The van der Waals surface area contributed by atoms with Crippen LogP contribution in [0.2, 0.25) is 0 Å². The van der Waals surface area contributed by atoms with Crippen molar-refractivity contribution in [1.82, 2.24) is 0 Å². The number of rotatable bonds is 1. The van der Waals surface area contributed by atoms with Crippen LogP contribution in [0.3, 0.4) is 0 Å². The minimum absolute atomic E-state index is 0. The zero-order chi connectivity index (χ0) is 7.40. The van der Waals surface area contributed by atoms with Crippen molar-refractivity contribution in [1.29, 1.82) is 0 Å². The van der Waals surface area contributed by atoms with E-state index < -0.39 is 0 Å². The van der Waals surface area contributed by atoms with Crippen molar-refractivity contribution < 1.29 is 12.4 Å². The fraction of sp³-hybridized carbons (Fsp3) is 0.100. The molecule has 0 nitrogen and oxygen atoms in total. The Hall–Kier alpha value is -0.114. The van der Waals surface area contributed by atoms with E-state index in [0.29, 0.717) is 0 Å². The van der Waals surface area contributed by atoms with E-state index in [1.807, 2.05) is 24.3 Å². The standard InChI is InChI=1S/C10H11.ClH.Mg/c1-3-6-10-8-5-4-7-9(10)2;;/h3-8H,1H2,2H3;1H;/q-1;;+2/p-1/b6-3+;;. The minimum atomic E-state index is 0. The van der Waals surface area contributed by atoms with Crippen LogP contribution in [0.25, 0.3) is 6.08 Å². The van der Waals surface area contributed by atoms with E-state index >= 15 is 0 Å². The maximum atomic E-state index is 3.64. The molecule has 0 radical (unpaired) electrons. The summed E-state index contributed by atoms with van der Waals surface area (Å²) in [5.74, 6) is 0. The second-order valence-corrected chi connectivity index (χ2v) is 2.26. The summed E-state index contributed by atoms with van der Waals surface area (Å²) in [7, 11) is 0. The number of aryl methyl sites for hydroxylation is 1. The van der Waals surface area contributed by atoms with Gasteiger partial charge in [0.05, 0.1) is 0 Å². The summed E-state index contributed by atoms with van der Waals surface area (Å²) in [4.78, 5) is 0. The zero-order valence-corrected chi connectivity index (χ0v) is 9.43. The molecule has 0 aliphatic heterocycles. The van der Waals surface area contributed by atoms with E-state index in [4.69, 9.17) is 0 Å². The van der Waals surface area contributed by atoms with Gasteiger partial charge in [0.1, 0.15) is 0 Å². The van der Waals surface area contributed by atoms with E-state index in [9.17, 15) is 0 Å². The van der Waals surface area contributed by atoms with E-state index in [0.717, 1.165) is 0 Å². The van der Waals surface area contributed by atoms with Gasteiger partial charge in [0.25, 0.3) is 0 Å². The normalized spacial score (nSPS) is 8.75. The van der Waals surface area contributed by atoms with Gasteiger partial charge in [-0.15, -0.1) is 5.56 Å². The monoisotopic (exact) mass is 190 g/mol. The number of benzene rings is 1. The molecule has 60 valence electrons. The second kappa shape index (κ2) is 7.53. The molecule has 1 rings (SSSR count). The first kappa shape index (κ1) is 14.4. The van der Waals surface area contributed by atoms with Crippen molar-refractivity contribution in [2.24, 2.45) is 0 Å². The van der Waals surface area contributed by atoms with E-state index in [-0.39, 0.29) is 35.5 Å². The number of hydrogen-bond acceptors (Lipinski definition) is 0. The Kier molecular flexibility index (Phi) is 9.04. The summed E-state index contributed by atoms with van der Waals surface area (Å²) >= 11 is 0.